The van der Waals surface area contributed by atoms with Crippen molar-refractivity contribution in [2.24, 2.45) is 5.92 Å². The highest BCUT2D eigenvalue weighted by Gasteiger charge is 2.32. The summed E-state index contributed by atoms with van der Waals surface area (Å²) >= 11 is 0. The maximum Gasteiger partial charge on any atom is 0.158 e. The van der Waals surface area contributed by atoms with Crippen molar-refractivity contribution in [3.05, 3.63) is 11.6 Å². The molecule has 0 radical (unpaired) electrons. The van der Waals surface area contributed by atoms with Gasteiger partial charge in [0.2, 0.25) is 0 Å². The fraction of sp³-hybridized carbons (Fsp3) is 0.727. The average molecular weight is 182 g/mol. The first-order valence-electron chi connectivity index (χ1n) is 4.72. The number of allylic oxidation sites excluding steroid dienone is 2. The molecule has 0 amide bonds. The molecule has 2 heteroatoms. The third kappa shape index (κ3) is 2.19. The molecule has 0 aromatic carbocycles. The average Bonchev–Trinajstić information content (AvgIpc) is 2.09. The predicted molar refractivity (Wildman–Crippen MR) is 52.6 cm³/mol. The van der Waals surface area contributed by atoms with E-state index in [0.717, 1.165) is 12.0 Å². The summed E-state index contributed by atoms with van der Waals surface area (Å²) in [5.41, 5.74) is 0.718. The van der Waals surface area contributed by atoms with Crippen LogP contribution < -0.4 is 0 Å². The molecule has 0 aliphatic heterocycles. The SMILES string of the molecule is COC(C)(C)[C@H]1CC=C(C)C(=O)C1. The molecule has 0 unspecified atom stereocenters. The van der Waals surface area contributed by atoms with Crippen LogP contribution in [0.4, 0.5) is 0 Å². The number of Topliss-reactive ketones (excluding diaryl/α,β-unsaturated/α-hetero) is 1. The van der Waals surface area contributed by atoms with E-state index >= 15 is 0 Å². The number of hydrogen-bond donors (Lipinski definition) is 0. The normalized spacial score (nSPS) is 24.5. The van der Waals surface area contributed by atoms with Crippen LogP contribution in [-0.2, 0) is 9.53 Å². The number of carbonyl (C=O) groups excluding carboxylic acids is 1. The molecule has 2 nitrogen and oxygen atoms in total. The first kappa shape index (κ1) is 10.5. The van der Waals surface area contributed by atoms with Gasteiger partial charge in [0.1, 0.15) is 0 Å². The number of carbonyl (C=O) groups is 1. The van der Waals surface area contributed by atoms with Crippen molar-refractivity contribution < 1.29 is 9.53 Å². The van der Waals surface area contributed by atoms with Gasteiger partial charge in [-0.15, -0.1) is 0 Å². The lowest BCUT2D eigenvalue weighted by Gasteiger charge is -2.34. The molecule has 1 atom stereocenters. The van der Waals surface area contributed by atoms with Gasteiger partial charge >= 0.3 is 0 Å². The zero-order chi connectivity index (χ0) is 10.1. The lowest BCUT2D eigenvalue weighted by atomic mass is 9.79. The van der Waals surface area contributed by atoms with E-state index in [1.807, 2.05) is 26.8 Å². The minimum absolute atomic E-state index is 0.188. The van der Waals surface area contributed by atoms with Gasteiger partial charge in [-0.05, 0) is 38.7 Å². The summed E-state index contributed by atoms with van der Waals surface area (Å²) in [4.78, 5) is 11.4. The summed E-state index contributed by atoms with van der Waals surface area (Å²) in [5, 5.41) is 0. The van der Waals surface area contributed by atoms with Gasteiger partial charge in [0.05, 0.1) is 5.60 Å². The van der Waals surface area contributed by atoms with E-state index in [9.17, 15) is 4.79 Å². The van der Waals surface area contributed by atoms with Crippen molar-refractivity contribution in [1.82, 2.24) is 0 Å². The van der Waals surface area contributed by atoms with Crippen LogP contribution >= 0.6 is 0 Å². The second kappa shape index (κ2) is 3.62. The van der Waals surface area contributed by atoms with Crippen molar-refractivity contribution in [1.29, 1.82) is 0 Å². The van der Waals surface area contributed by atoms with Crippen LogP contribution in [0, 0.1) is 5.92 Å². The maximum atomic E-state index is 11.4. The predicted octanol–water partition coefficient (Wildman–Crippen LogP) is 2.34. The van der Waals surface area contributed by atoms with E-state index in [0.29, 0.717) is 12.3 Å². The van der Waals surface area contributed by atoms with Gasteiger partial charge in [-0.2, -0.15) is 0 Å². The van der Waals surface area contributed by atoms with Crippen LogP contribution in [0.2, 0.25) is 0 Å². The highest BCUT2D eigenvalue weighted by Crippen LogP contribution is 2.31. The largest absolute Gasteiger partial charge is 0.379 e. The fourth-order valence-electron chi connectivity index (χ4n) is 1.60. The zero-order valence-electron chi connectivity index (χ0n) is 8.89. The second-order valence-corrected chi connectivity index (χ2v) is 4.25. The molecule has 0 aromatic rings. The van der Waals surface area contributed by atoms with Crippen molar-refractivity contribution in [2.75, 3.05) is 7.11 Å². The van der Waals surface area contributed by atoms with Gasteiger partial charge in [0.15, 0.2) is 5.78 Å². The molecular weight excluding hydrogens is 164 g/mol. The van der Waals surface area contributed by atoms with Crippen LogP contribution in [0.3, 0.4) is 0 Å². The Bertz CT molecular complexity index is 238. The first-order valence-corrected chi connectivity index (χ1v) is 4.72. The second-order valence-electron chi connectivity index (χ2n) is 4.25. The highest BCUT2D eigenvalue weighted by molar-refractivity contribution is 5.95. The van der Waals surface area contributed by atoms with Crippen LogP contribution in [0.5, 0.6) is 0 Å². The summed E-state index contributed by atoms with van der Waals surface area (Å²) in [6.45, 7) is 5.97. The summed E-state index contributed by atoms with van der Waals surface area (Å²) < 4.78 is 5.38. The van der Waals surface area contributed by atoms with Gasteiger partial charge in [0.25, 0.3) is 0 Å². The summed E-state index contributed by atoms with van der Waals surface area (Å²) in [7, 11) is 1.70. The molecular formula is C11H18O2. The molecule has 1 aliphatic rings. The number of ether oxygens (including phenoxy) is 1. The molecule has 0 aromatic heterocycles. The van der Waals surface area contributed by atoms with E-state index in [1.54, 1.807) is 7.11 Å². The van der Waals surface area contributed by atoms with Crippen molar-refractivity contribution in [3.8, 4) is 0 Å². The van der Waals surface area contributed by atoms with Gasteiger partial charge < -0.3 is 4.74 Å². The quantitative estimate of drug-likeness (QED) is 0.655. The summed E-state index contributed by atoms with van der Waals surface area (Å²) in [6, 6.07) is 0. The van der Waals surface area contributed by atoms with Gasteiger partial charge in [-0.25, -0.2) is 0 Å². The Balaban J connectivity index is 2.73. The van der Waals surface area contributed by atoms with Crippen LogP contribution in [0.1, 0.15) is 33.6 Å². The number of hydrogen-bond acceptors (Lipinski definition) is 2. The number of methoxy groups -OCH3 is 1. The Labute approximate surface area is 80.0 Å². The Morgan fingerprint density at radius 1 is 1.54 bits per heavy atom. The van der Waals surface area contributed by atoms with Crippen molar-refractivity contribution in [2.45, 2.75) is 39.2 Å². The minimum Gasteiger partial charge on any atom is -0.379 e. The molecule has 0 N–H and O–H groups in total. The topological polar surface area (TPSA) is 26.3 Å². The fourth-order valence-corrected chi connectivity index (χ4v) is 1.60. The van der Waals surface area contributed by atoms with E-state index < -0.39 is 0 Å². The van der Waals surface area contributed by atoms with Crippen LogP contribution in [0.25, 0.3) is 0 Å². The highest BCUT2D eigenvalue weighted by atomic mass is 16.5. The molecule has 1 aliphatic carbocycles. The third-order valence-electron chi connectivity index (χ3n) is 3.09. The molecule has 0 bridgehead atoms. The molecule has 74 valence electrons. The smallest absolute Gasteiger partial charge is 0.158 e. The number of rotatable bonds is 2. The lowest BCUT2D eigenvalue weighted by Crippen LogP contribution is -2.36. The van der Waals surface area contributed by atoms with Gasteiger partial charge in [-0.3, -0.25) is 4.79 Å². The summed E-state index contributed by atoms with van der Waals surface area (Å²) in [5.74, 6) is 0.593. The molecule has 0 spiro atoms. The van der Waals surface area contributed by atoms with Crippen LogP contribution in [0.15, 0.2) is 11.6 Å². The molecule has 0 fully saturated rings. The molecule has 13 heavy (non-hydrogen) atoms. The summed E-state index contributed by atoms with van der Waals surface area (Å²) in [6.07, 6.45) is 3.61. The number of ketones is 1. The van der Waals surface area contributed by atoms with Crippen molar-refractivity contribution in [3.63, 3.8) is 0 Å². The standard InChI is InChI=1S/C11H18O2/c1-8-5-6-9(7-10(8)12)11(2,3)13-4/h5,9H,6-7H2,1-4H3/t9-/m0/s1. The minimum atomic E-state index is -0.188. The first-order chi connectivity index (χ1) is 5.97. The molecule has 1 rings (SSSR count). The van der Waals surface area contributed by atoms with E-state index in [-0.39, 0.29) is 11.4 Å². The monoisotopic (exact) mass is 182 g/mol. The van der Waals surface area contributed by atoms with E-state index in [2.05, 4.69) is 0 Å². The maximum absolute atomic E-state index is 11.4. The molecule has 0 saturated heterocycles. The van der Waals surface area contributed by atoms with Crippen molar-refractivity contribution >= 4 is 5.78 Å². The Hall–Kier alpha value is -0.630. The molecule has 0 saturated carbocycles. The van der Waals surface area contributed by atoms with Crippen LogP contribution in [-0.4, -0.2) is 18.5 Å². The molecule has 0 heterocycles. The Kier molecular flexibility index (Phi) is 2.91. The third-order valence-corrected chi connectivity index (χ3v) is 3.09. The Morgan fingerprint density at radius 2 is 2.15 bits per heavy atom. The van der Waals surface area contributed by atoms with E-state index in [4.69, 9.17) is 4.74 Å². The zero-order valence-corrected chi connectivity index (χ0v) is 8.89. The Morgan fingerprint density at radius 3 is 2.62 bits per heavy atom. The van der Waals surface area contributed by atoms with Gasteiger partial charge in [0, 0.05) is 13.5 Å². The van der Waals surface area contributed by atoms with Gasteiger partial charge in [-0.1, -0.05) is 6.08 Å². The lowest BCUT2D eigenvalue weighted by molar-refractivity contribution is -0.120. The van der Waals surface area contributed by atoms with E-state index in [1.165, 1.54) is 0 Å².